The maximum atomic E-state index is 13.0. The Hall–Kier alpha value is -3.11. The van der Waals surface area contributed by atoms with Gasteiger partial charge in [-0.15, -0.1) is 0 Å². The molecule has 1 aliphatic rings. The Morgan fingerprint density at radius 1 is 0.935 bits per heavy atom. The lowest BCUT2D eigenvalue weighted by Crippen LogP contribution is -2.30. The summed E-state index contributed by atoms with van der Waals surface area (Å²) in [6.45, 7) is 1.70. The standard InChI is InChI=1S/C26H24ClNO3/c1-17(31-22-13-11-18-7-5-6-10-20(18)15-22)26(30)28-24-14-12-21(27)16-23(24)25(29)19-8-3-2-4-9-19/h2-4,8-9,11-17H,5-7,10H2,1H3,(H,28,30)/t17-/m1/s1. The largest absolute Gasteiger partial charge is 0.481 e. The molecule has 0 spiro atoms. The third kappa shape index (κ3) is 4.97. The van der Waals surface area contributed by atoms with Gasteiger partial charge in [-0.1, -0.05) is 48.0 Å². The topological polar surface area (TPSA) is 55.4 Å². The normalized spacial score (nSPS) is 13.7. The van der Waals surface area contributed by atoms with Gasteiger partial charge in [0.25, 0.3) is 5.91 Å². The number of carbonyl (C=O) groups is 2. The third-order valence-electron chi connectivity index (χ3n) is 5.52. The summed E-state index contributed by atoms with van der Waals surface area (Å²) >= 11 is 6.12. The fraction of sp³-hybridized carbons (Fsp3) is 0.231. The Morgan fingerprint density at radius 2 is 1.68 bits per heavy atom. The zero-order valence-electron chi connectivity index (χ0n) is 17.4. The summed E-state index contributed by atoms with van der Waals surface area (Å²) < 4.78 is 5.90. The Labute approximate surface area is 187 Å². The fourth-order valence-corrected chi connectivity index (χ4v) is 4.01. The number of ketones is 1. The van der Waals surface area contributed by atoms with Crippen molar-refractivity contribution < 1.29 is 14.3 Å². The van der Waals surface area contributed by atoms with E-state index < -0.39 is 6.10 Å². The van der Waals surface area contributed by atoms with E-state index in [0.29, 0.717) is 27.6 Å². The smallest absolute Gasteiger partial charge is 0.265 e. The number of anilines is 1. The maximum Gasteiger partial charge on any atom is 0.265 e. The minimum atomic E-state index is -0.725. The second-order valence-electron chi connectivity index (χ2n) is 7.77. The van der Waals surface area contributed by atoms with Gasteiger partial charge in [-0.2, -0.15) is 0 Å². The molecular weight excluding hydrogens is 410 g/mol. The monoisotopic (exact) mass is 433 g/mol. The number of hydrogen-bond acceptors (Lipinski definition) is 3. The van der Waals surface area contributed by atoms with Crippen molar-refractivity contribution in [3.05, 3.63) is 94.0 Å². The van der Waals surface area contributed by atoms with Crippen molar-refractivity contribution in [2.24, 2.45) is 0 Å². The molecule has 0 heterocycles. The summed E-state index contributed by atoms with van der Waals surface area (Å²) in [4.78, 5) is 25.8. The van der Waals surface area contributed by atoms with Gasteiger partial charge in [0.05, 0.1) is 5.69 Å². The summed E-state index contributed by atoms with van der Waals surface area (Å²) in [5, 5.41) is 3.25. The van der Waals surface area contributed by atoms with E-state index in [9.17, 15) is 9.59 Å². The number of fused-ring (bicyclic) bond motifs is 1. The number of carbonyl (C=O) groups excluding carboxylic acids is 2. The van der Waals surface area contributed by atoms with E-state index in [1.54, 1.807) is 49.4 Å². The van der Waals surface area contributed by atoms with Gasteiger partial charge >= 0.3 is 0 Å². The molecule has 1 N–H and O–H groups in total. The summed E-state index contributed by atoms with van der Waals surface area (Å²) in [6.07, 6.45) is 3.82. The van der Waals surface area contributed by atoms with Crippen LogP contribution in [0.25, 0.3) is 0 Å². The first-order valence-corrected chi connectivity index (χ1v) is 10.9. The second kappa shape index (κ2) is 9.36. The van der Waals surface area contributed by atoms with Crippen molar-refractivity contribution in [2.75, 3.05) is 5.32 Å². The predicted molar refractivity (Wildman–Crippen MR) is 123 cm³/mol. The van der Waals surface area contributed by atoms with Crippen LogP contribution in [0.4, 0.5) is 5.69 Å². The molecule has 0 unspecified atom stereocenters. The molecule has 0 saturated heterocycles. The number of nitrogens with one attached hydrogen (secondary N) is 1. The van der Waals surface area contributed by atoms with E-state index in [0.717, 1.165) is 12.8 Å². The average Bonchev–Trinajstić information content (AvgIpc) is 2.80. The molecular formula is C26H24ClNO3. The van der Waals surface area contributed by atoms with Crippen LogP contribution in [0.3, 0.4) is 0 Å². The first-order chi connectivity index (χ1) is 15.0. The average molecular weight is 434 g/mol. The number of hydrogen-bond donors (Lipinski definition) is 1. The van der Waals surface area contributed by atoms with Gasteiger partial charge in [-0.05, 0) is 74.1 Å². The van der Waals surface area contributed by atoms with Crippen LogP contribution < -0.4 is 10.1 Å². The van der Waals surface area contributed by atoms with Gasteiger partial charge in [-0.25, -0.2) is 0 Å². The molecule has 3 aromatic carbocycles. The fourth-order valence-electron chi connectivity index (χ4n) is 3.83. The minimum absolute atomic E-state index is 0.207. The van der Waals surface area contributed by atoms with E-state index in [1.165, 1.54) is 24.0 Å². The Morgan fingerprint density at radius 3 is 2.45 bits per heavy atom. The number of aryl methyl sites for hydroxylation is 2. The highest BCUT2D eigenvalue weighted by atomic mass is 35.5. The summed E-state index contributed by atoms with van der Waals surface area (Å²) in [5.41, 5.74) is 3.93. The zero-order chi connectivity index (χ0) is 21.8. The van der Waals surface area contributed by atoms with Crippen molar-refractivity contribution in [3.8, 4) is 5.75 Å². The quantitative estimate of drug-likeness (QED) is 0.495. The van der Waals surface area contributed by atoms with Gasteiger partial charge in [0, 0.05) is 16.1 Å². The number of benzene rings is 3. The molecule has 0 fully saturated rings. The molecule has 1 aliphatic carbocycles. The maximum absolute atomic E-state index is 13.0. The van der Waals surface area contributed by atoms with Crippen LogP contribution in [0, 0.1) is 0 Å². The lowest BCUT2D eigenvalue weighted by Gasteiger charge is -2.19. The highest BCUT2D eigenvalue weighted by Gasteiger charge is 2.20. The molecule has 1 amide bonds. The van der Waals surface area contributed by atoms with Crippen molar-refractivity contribution in [3.63, 3.8) is 0 Å². The van der Waals surface area contributed by atoms with Crippen LogP contribution in [0.5, 0.6) is 5.75 Å². The van der Waals surface area contributed by atoms with Gasteiger partial charge in [0.2, 0.25) is 0 Å². The van der Waals surface area contributed by atoms with E-state index in [-0.39, 0.29) is 11.7 Å². The lowest BCUT2D eigenvalue weighted by molar-refractivity contribution is -0.122. The van der Waals surface area contributed by atoms with Crippen LogP contribution in [-0.2, 0) is 17.6 Å². The molecule has 4 nitrogen and oxygen atoms in total. The van der Waals surface area contributed by atoms with E-state index in [2.05, 4.69) is 11.4 Å². The molecule has 0 saturated carbocycles. The van der Waals surface area contributed by atoms with Gasteiger partial charge in [0.1, 0.15) is 5.75 Å². The van der Waals surface area contributed by atoms with Gasteiger partial charge < -0.3 is 10.1 Å². The third-order valence-corrected chi connectivity index (χ3v) is 5.76. The summed E-state index contributed by atoms with van der Waals surface area (Å²) in [7, 11) is 0. The van der Waals surface area contributed by atoms with Crippen LogP contribution in [0.2, 0.25) is 5.02 Å². The molecule has 0 bridgehead atoms. The zero-order valence-corrected chi connectivity index (χ0v) is 18.1. The van der Waals surface area contributed by atoms with E-state index >= 15 is 0 Å². The van der Waals surface area contributed by atoms with Crippen LogP contribution in [0.15, 0.2) is 66.7 Å². The molecule has 4 rings (SSSR count). The summed E-state index contributed by atoms with van der Waals surface area (Å²) in [6, 6.07) is 19.8. The Balaban J connectivity index is 1.50. The van der Waals surface area contributed by atoms with Crippen molar-refractivity contribution in [1.29, 1.82) is 0 Å². The summed E-state index contributed by atoms with van der Waals surface area (Å²) in [5.74, 6) is 0.142. The first kappa shape index (κ1) is 21.1. The molecule has 5 heteroatoms. The Bertz CT molecular complexity index is 1110. The van der Waals surface area contributed by atoms with Crippen LogP contribution in [-0.4, -0.2) is 17.8 Å². The van der Waals surface area contributed by atoms with Crippen molar-refractivity contribution in [1.82, 2.24) is 0 Å². The molecule has 0 radical (unpaired) electrons. The van der Waals surface area contributed by atoms with Crippen LogP contribution in [0.1, 0.15) is 46.8 Å². The SMILES string of the molecule is C[C@@H](Oc1ccc2c(c1)CCCC2)C(=O)Nc1ccc(Cl)cc1C(=O)c1ccccc1. The number of rotatable bonds is 6. The van der Waals surface area contributed by atoms with E-state index in [4.69, 9.17) is 16.3 Å². The second-order valence-corrected chi connectivity index (χ2v) is 8.21. The number of halogens is 1. The first-order valence-electron chi connectivity index (χ1n) is 10.5. The molecule has 0 aromatic heterocycles. The highest BCUT2D eigenvalue weighted by molar-refractivity contribution is 6.31. The molecule has 158 valence electrons. The molecule has 3 aromatic rings. The number of amides is 1. The molecule has 1 atom stereocenters. The van der Waals surface area contributed by atoms with Crippen molar-refractivity contribution >= 4 is 29.0 Å². The highest BCUT2D eigenvalue weighted by Crippen LogP contribution is 2.27. The van der Waals surface area contributed by atoms with Crippen LogP contribution >= 0.6 is 11.6 Å². The molecule has 0 aliphatic heterocycles. The molecule has 31 heavy (non-hydrogen) atoms. The predicted octanol–water partition coefficient (Wildman–Crippen LogP) is 5.86. The van der Waals surface area contributed by atoms with Gasteiger partial charge in [-0.3, -0.25) is 9.59 Å². The lowest BCUT2D eigenvalue weighted by atomic mass is 9.92. The van der Waals surface area contributed by atoms with Gasteiger partial charge in [0.15, 0.2) is 11.9 Å². The van der Waals surface area contributed by atoms with Crippen molar-refractivity contribution in [2.45, 2.75) is 38.7 Å². The minimum Gasteiger partial charge on any atom is -0.481 e. The van der Waals surface area contributed by atoms with E-state index in [1.807, 2.05) is 18.2 Å². The Kier molecular flexibility index (Phi) is 6.38. The number of ether oxygens (including phenoxy) is 1.